The van der Waals surface area contributed by atoms with Crippen LogP contribution in [0, 0.1) is 5.92 Å². The summed E-state index contributed by atoms with van der Waals surface area (Å²) in [5.74, 6) is 1.22. The first-order chi connectivity index (χ1) is 6.25. The number of amides is 2. The number of carbonyl (C=O) groups is 2. The Hall–Kier alpha value is -0.710. The molecule has 0 spiro atoms. The van der Waals surface area contributed by atoms with E-state index in [0.717, 1.165) is 6.54 Å². The second kappa shape index (κ2) is 3.57. The Morgan fingerprint density at radius 1 is 1.62 bits per heavy atom. The van der Waals surface area contributed by atoms with Gasteiger partial charge >= 0.3 is 0 Å². The molecular weight excluding hydrogens is 188 g/mol. The summed E-state index contributed by atoms with van der Waals surface area (Å²) in [6, 6.07) is -0.309. The molecule has 1 saturated carbocycles. The highest BCUT2D eigenvalue weighted by atomic mass is 32.2. The van der Waals surface area contributed by atoms with Crippen molar-refractivity contribution in [2.24, 2.45) is 5.92 Å². The molecule has 2 N–H and O–H groups in total. The fourth-order valence-corrected chi connectivity index (χ4v) is 1.99. The smallest absolute Gasteiger partial charge is 0.279 e. The van der Waals surface area contributed by atoms with Crippen LogP contribution in [0.5, 0.6) is 0 Å². The number of carbonyl (C=O) groups excluding carboxylic acids is 2. The molecule has 2 aliphatic rings. The van der Waals surface area contributed by atoms with E-state index in [0.29, 0.717) is 11.7 Å². The maximum absolute atomic E-state index is 11.4. The second-order valence-corrected chi connectivity index (χ2v) is 4.48. The maximum atomic E-state index is 11.4. The molecule has 4 nitrogen and oxygen atoms in total. The third-order valence-electron chi connectivity index (χ3n) is 2.25. The number of thioether (sulfide) groups is 1. The van der Waals surface area contributed by atoms with Crippen LogP contribution < -0.4 is 10.6 Å². The minimum absolute atomic E-state index is 0.0368. The Balaban J connectivity index is 1.72. The Bertz CT molecular complexity index is 240. The van der Waals surface area contributed by atoms with Gasteiger partial charge in [0.2, 0.25) is 5.91 Å². The minimum Gasteiger partial charge on any atom is -0.354 e. The first-order valence-corrected chi connectivity index (χ1v) is 5.45. The van der Waals surface area contributed by atoms with E-state index >= 15 is 0 Å². The molecule has 1 aliphatic carbocycles. The van der Waals surface area contributed by atoms with Crippen LogP contribution in [0.15, 0.2) is 0 Å². The molecule has 0 aromatic rings. The van der Waals surface area contributed by atoms with E-state index in [4.69, 9.17) is 0 Å². The molecule has 2 fully saturated rings. The zero-order valence-electron chi connectivity index (χ0n) is 7.21. The summed E-state index contributed by atoms with van der Waals surface area (Å²) < 4.78 is 0. The highest BCUT2D eigenvalue weighted by molar-refractivity contribution is 8.14. The van der Waals surface area contributed by atoms with Crippen molar-refractivity contribution in [3.05, 3.63) is 0 Å². The molecule has 2 rings (SSSR count). The van der Waals surface area contributed by atoms with Crippen LogP contribution in [0.1, 0.15) is 12.8 Å². The normalized spacial score (nSPS) is 27.1. The SMILES string of the molecule is O=C1NC(C(=O)NCC2CC2)CS1. The van der Waals surface area contributed by atoms with Crippen LogP contribution in [-0.2, 0) is 4.79 Å². The zero-order valence-corrected chi connectivity index (χ0v) is 8.02. The predicted octanol–water partition coefficient (Wildman–Crippen LogP) is 0.338. The monoisotopic (exact) mass is 200 g/mol. The average molecular weight is 200 g/mol. The highest BCUT2D eigenvalue weighted by Gasteiger charge is 2.29. The standard InChI is InChI=1S/C8H12N2O2S/c11-7(9-3-5-1-2-5)6-4-13-8(12)10-6/h5-6H,1-4H2,(H,9,11)(H,10,12). The Labute approximate surface area is 80.8 Å². The number of rotatable bonds is 3. The van der Waals surface area contributed by atoms with Crippen molar-refractivity contribution < 1.29 is 9.59 Å². The van der Waals surface area contributed by atoms with Gasteiger partial charge in [-0.15, -0.1) is 0 Å². The summed E-state index contributed by atoms with van der Waals surface area (Å²) in [5.41, 5.74) is 0. The quantitative estimate of drug-likeness (QED) is 0.690. The summed E-state index contributed by atoms with van der Waals surface area (Å²) in [7, 11) is 0. The fraction of sp³-hybridized carbons (Fsp3) is 0.750. The van der Waals surface area contributed by atoms with Gasteiger partial charge in [-0.25, -0.2) is 0 Å². The van der Waals surface area contributed by atoms with Crippen molar-refractivity contribution in [1.82, 2.24) is 10.6 Å². The van der Waals surface area contributed by atoms with Crippen molar-refractivity contribution in [2.75, 3.05) is 12.3 Å². The van der Waals surface area contributed by atoms with Gasteiger partial charge in [-0.3, -0.25) is 9.59 Å². The lowest BCUT2D eigenvalue weighted by Gasteiger charge is -2.09. The number of hydrogen-bond acceptors (Lipinski definition) is 3. The summed E-state index contributed by atoms with van der Waals surface area (Å²) in [6.07, 6.45) is 2.46. The topological polar surface area (TPSA) is 58.2 Å². The summed E-state index contributed by atoms with van der Waals surface area (Å²) >= 11 is 1.17. The lowest BCUT2D eigenvalue weighted by atomic mass is 10.3. The van der Waals surface area contributed by atoms with Crippen molar-refractivity contribution in [1.29, 1.82) is 0 Å². The fourth-order valence-electron chi connectivity index (χ4n) is 1.22. The van der Waals surface area contributed by atoms with Gasteiger partial charge in [-0.05, 0) is 18.8 Å². The third kappa shape index (κ3) is 2.37. The molecule has 72 valence electrons. The van der Waals surface area contributed by atoms with E-state index in [-0.39, 0.29) is 17.2 Å². The van der Waals surface area contributed by atoms with Crippen LogP contribution in [0.3, 0.4) is 0 Å². The first-order valence-electron chi connectivity index (χ1n) is 4.46. The van der Waals surface area contributed by atoms with Gasteiger partial charge in [0.05, 0.1) is 0 Å². The van der Waals surface area contributed by atoms with Crippen molar-refractivity contribution in [2.45, 2.75) is 18.9 Å². The molecule has 0 aromatic carbocycles. The summed E-state index contributed by atoms with van der Waals surface area (Å²) in [5, 5.41) is 5.36. The molecule has 2 amide bonds. The average Bonchev–Trinajstić information content (AvgIpc) is 2.84. The molecule has 1 heterocycles. The van der Waals surface area contributed by atoms with E-state index in [1.165, 1.54) is 24.6 Å². The van der Waals surface area contributed by atoms with Crippen LogP contribution in [0.4, 0.5) is 4.79 Å². The molecule has 1 unspecified atom stereocenters. The molecule has 1 aliphatic heterocycles. The largest absolute Gasteiger partial charge is 0.354 e. The number of hydrogen-bond donors (Lipinski definition) is 2. The van der Waals surface area contributed by atoms with Crippen molar-refractivity contribution >= 4 is 22.9 Å². The Morgan fingerprint density at radius 3 is 2.92 bits per heavy atom. The van der Waals surface area contributed by atoms with E-state index in [2.05, 4.69) is 10.6 Å². The molecule has 5 heteroatoms. The summed E-state index contributed by atoms with van der Waals surface area (Å²) in [4.78, 5) is 22.2. The Morgan fingerprint density at radius 2 is 2.38 bits per heavy atom. The second-order valence-electron chi connectivity index (χ2n) is 3.48. The minimum atomic E-state index is -0.309. The third-order valence-corrected chi connectivity index (χ3v) is 3.13. The first kappa shape index (κ1) is 8.87. The Kier molecular flexibility index (Phi) is 2.44. The van der Waals surface area contributed by atoms with Crippen molar-refractivity contribution in [3.63, 3.8) is 0 Å². The van der Waals surface area contributed by atoms with Gasteiger partial charge in [0.15, 0.2) is 0 Å². The number of nitrogens with one attached hydrogen (secondary N) is 2. The molecule has 0 radical (unpaired) electrons. The molecule has 1 saturated heterocycles. The summed E-state index contributed by atoms with van der Waals surface area (Å²) in [6.45, 7) is 0.774. The van der Waals surface area contributed by atoms with Gasteiger partial charge in [0, 0.05) is 12.3 Å². The van der Waals surface area contributed by atoms with E-state index in [1.807, 2.05) is 0 Å². The lowest BCUT2D eigenvalue weighted by Crippen LogP contribution is -2.43. The van der Waals surface area contributed by atoms with Crippen molar-refractivity contribution in [3.8, 4) is 0 Å². The molecule has 0 bridgehead atoms. The van der Waals surface area contributed by atoms with E-state index in [9.17, 15) is 9.59 Å². The van der Waals surface area contributed by atoms with Gasteiger partial charge in [0.1, 0.15) is 6.04 Å². The van der Waals surface area contributed by atoms with Gasteiger partial charge in [0.25, 0.3) is 5.24 Å². The zero-order chi connectivity index (χ0) is 9.26. The van der Waals surface area contributed by atoms with E-state index < -0.39 is 0 Å². The van der Waals surface area contributed by atoms with Crippen LogP contribution >= 0.6 is 11.8 Å². The molecule has 13 heavy (non-hydrogen) atoms. The lowest BCUT2D eigenvalue weighted by molar-refractivity contribution is -0.122. The molecule has 1 atom stereocenters. The van der Waals surface area contributed by atoms with Gasteiger partial charge in [-0.2, -0.15) is 0 Å². The van der Waals surface area contributed by atoms with Crippen LogP contribution in [0.2, 0.25) is 0 Å². The van der Waals surface area contributed by atoms with Gasteiger partial charge in [-0.1, -0.05) is 11.8 Å². The van der Waals surface area contributed by atoms with Crippen LogP contribution in [-0.4, -0.2) is 29.5 Å². The molecule has 0 aromatic heterocycles. The van der Waals surface area contributed by atoms with Crippen LogP contribution in [0.25, 0.3) is 0 Å². The highest BCUT2D eigenvalue weighted by Crippen LogP contribution is 2.27. The van der Waals surface area contributed by atoms with Gasteiger partial charge < -0.3 is 10.6 Å². The maximum Gasteiger partial charge on any atom is 0.279 e. The van der Waals surface area contributed by atoms with E-state index in [1.54, 1.807) is 0 Å². The molecular formula is C8H12N2O2S. The predicted molar refractivity (Wildman–Crippen MR) is 50.5 cm³/mol.